The van der Waals surface area contributed by atoms with Gasteiger partial charge in [0, 0.05) is 40.6 Å². The van der Waals surface area contributed by atoms with E-state index in [2.05, 4.69) is 36.5 Å². The summed E-state index contributed by atoms with van der Waals surface area (Å²) >= 11 is 0. The predicted molar refractivity (Wildman–Crippen MR) is 108 cm³/mol. The van der Waals surface area contributed by atoms with Gasteiger partial charge in [0.2, 0.25) is 0 Å². The minimum atomic E-state index is 0.187. The van der Waals surface area contributed by atoms with Crippen molar-refractivity contribution in [3.05, 3.63) is 73.1 Å². The maximum atomic E-state index is 9.83. The van der Waals surface area contributed by atoms with E-state index in [0.29, 0.717) is 23.0 Å². The van der Waals surface area contributed by atoms with Crippen LogP contribution in [-0.4, -0.2) is 30.3 Å². The number of benzene rings is 2. The van der Waals surface area contributed by atoms with Gasteiger partial charge in [-0.25, -0.2) is 9.97 Å². The molecule has 0 aliphatic carbocycles. The Hall–Kier alpha value is -4.13. The van der Waals surface area contributed by atoms with Crippen molar-refractivity contribution in [3.63, 3.8) is 0 Å². The number of fused-ring (bicyclic) bond motifs is 1. The third-order valence-electron chi connectivity index (χ3n) is 4.44. The van der Waals surface area contributed by atoms with Crippen LogP contribution in [0.25, 0.3) is 33.7 Å². The summed E-state index contributed by atoms with van der Waals surface area (Å²) in [6.07, 6.45) is 3.57. The van der Waals surface area contributed by atoms with Gasteiger partial charge in [0.25, 0.3) is 0 Å². The average molecular weight is 368 g/mol. The first kappa shape index (κ1) is 16.1. The second-order valence-corrected chi connectivity index (χ2v) is 6.39. The smallest absolute Gasteiger partial charge is 0.180 e. The highest BCUT2D eigenvalue weighted by Crippen LogP contribution is 2.28. The maximum absolute atomic E-state index is 9.83. The van der Waals surface area contributed by atoms with E-state index in [1.165, 1.54) is 0 Å². The summed E-state index contributed by atoms with van der Waals surface area (Å²) < 4.78 is 0. The van der Waals surface area contributed by atoms with E-state index in [1.807, 2.05) is 42.6 Å². The van der Waals surface area contributed by atoms with E-state index >= 15 is 0 Å². The fourth-order valence-corrected chi connectivity index (χ4v) is 3.10. The normalized spacial score (nSPS) is 11.0. The maximum Gasteiger partial charge on any atom is 0.180 e. The summed E-state index contributed by atoms with van der Waals surface area (Å²) in [4.78, 5) is 12.4. The molecule has 3 heterocycles. The van der Waals surface area contributed by atoms with Gasteiger partial charge in [-0.2, -0.15) is 5.10 Å². The number of hydrogen-bond donors (Lipinski definition) is 4. The van der Waals surface area contributed by atoms with Crippen molar-refractivity contribution in [2.45, 2.75) is 0 Å². The van der Waals surface area contributed by atoms with Crippen LogP contribution in [0, 0.1) is 0 Å². The molecule has 28 heavy (non-hydrogen) atoms. The zero-order valence-corrected chi connectivity index (χ0v) is 14.7. The lowest BCUT2D eigenvalue weighted by Gasteiger charge is -2.10. The highest BCUT2D eigenvalue weighted by Gasteiger charge is 2.11. The first-order valence-corrected chi connectivity index (χ1v) is 8.77. The molecule has 136 valence electrons. The molecular formula is C21H16N6O. The first-order chi connectivity index (χ1) is 13.7. The van der Waals surface area contributed by atoms with Gasteiger partial charge in [0.15, 0.2) is 5.82 Å². The molecular weight excluding hydrogens is 352 g/mol. The molecule has 5 aromatic rings. The third kappa shape index (κ3) is 3.05. The predicted octanol–water partition coefficient (Wildman–Crippen LogP) is 4.46. The molecule has 7 heteroatoms. The number of rotatable bonds is 4. The fraction of sp³-hybridized carbons (Fsp3) is 0. The van der Waals surface area contributed by atoms with Crippen LogP contribution in [0.3, 0.4) is 0 Å². The third-order valence-corrected chi connectivity index (χ3v) is 4.44. The molecule has 0 saturated carbocycles. The zero-order valence-electron chi connectivity index (χ0n) is 14.7. The highest BCUT2D eigenvalue weighted by molar-refractivity contribution is 5.84. The van der Waals surface area contributed by atoms with Crippen LogP contribution in [0.2, 0.25) is 0 Å². The molecule has 2 aromatic carbocycles. The number of H-pyrrole nitrogens is 2. The van der Waals surface area contributed by atoms with E-state index in [9.17, 15) is 5.11 Å². The molecule has 3 aromatic heterocycles. The van der Waals surface area contributed by atoms with Crippen LogP contribution < -0.4 is 5.32 Å². The molecule has 0 saturated heterocycles. The first-order valence-electron chi connectivity index (χ1n) is 8.77. The van der Waals surface area contributed by atoms with E-state index in [4.69, 9.17) is 0 Å². The average Bonchev–Trinajstić information content (AvgIpc) is 3.39. The molecule has 0 aliphatic rings. The van der Waals surface area contributed by atoms with Gasteiger partial charge in [-0.1, -0.05) is 12.1 Å². The Morgan fingerprint density at radius 1 is 0.929 bits per heavy atom. The summed E-state index contributed by atoms with van der Waals surface area (Å²) in [6.45, 7) is 0. The molecule has 0 amide bonds. The molecule has 0 fully saturated rings. The van der Waals surface area contributed by atoms with Crippen LogP contribution in [0.5, 0.6) is 5.75 Å². The molecule has 0 atom stereocenters. The van der Waals surface area contributed by atoms with Gasteiger partial charge in [-0.05, 0) is 42.5 Å². The topological polar surface area (TPSA) is 103 Å². The van der Waals surface area contributed by atoms with Crippen molar-refractivity contribution >= 4 is 22.4 Å². The Labute approximate surface area is 160 Å². The molecule has 0 unspecified atom stereocenters. The molecule has 0 spiro atoms. The van der Waals surface area contributed by atoms with Crippen molar-refractivity contribution < 1.29 is 5.11 Å². The van der Waals surface area contributed by atoms with Crippen LogP contribution in [0.15, 0.2) is 73.1 Å². The number of phenols is 1. The monoisotopic (exact) mass is 368 g/mol. The molecule has 5 rings (SSSR count). The largest absolute Gasteiger partial charge is 0.508 e. The molecule has 7 nitrogen and oxygen atoms in total. The van der Waals surface area contributed by atoms with E-state index in [1.54, 1.807) is 24.4 Å². The number of aromatic nitrogens is 5. The standard InChI is InChI=1S/C21H16N6O/c28-16-3-1-2-13(11-16)19-12-20(26-21(25-19)18-7-9-23-27-18)24-15-4-5-17-14(10-15)6-8-22-17/h1-12,22,28H,(H,23,27)(H,24,25,26). The molecule has 0 bridgehead atoms. The van der Waals surface area contributed by atoms with Crippen LogP contribution in [-0.2, 0) is 0 Å². The van der Waals surface area contributed by atoms with Gasteiger partial charge in [-0.15, -0.1) is 0 Å². The van der Waals surface area contributed by atoms with Gasteiger partial charge >= 0.3 is 0 Å². The van der Waals surface area contributed by atoms with Gasteiger partial charge < -0.3 is 15.4 Å². The van der Waals surface area contributed by atoms with Crippen molar-refractivity contribution in [1.82, 2.24) is 25.1 Å². The molecule has 0 radical (unpaired) electrons. The van der Waals surface area contributed by atoms with Crippen LogP contribution >= 0.6 is 0 Å². The van der Waals surface area contributed by atoms with Crippen molar-refractivity contribution in [1.29, 1.82) is 0 Å². The van der Waals surface area contributed by atoms with Crippen molar-refractivity contribution in [2.75, 3.05) is 5.32 Å². The quantitative estimate of drug-likeness (QED) is 0.375. The second kappa shape index (κ2) is 6.55. The zero-order chi connectivity index (χ0) is 18.9. The Bertz CT molecular complexity index is 1260. The fourth-order valence-electron chi connectivity index (χ4n) is 3.10. The van der Waals surface area contributed by atoms with Crippen molar-refractivity contribution in [2.24, 2.45) is 0 Å². The van der Waals surface area contributed by atoms with Crippen LogP contribution in [0.1, 0.15) is 0 Å². The van der Waals surface area contributed by atoms with Crippen LogP contribution in [0.4, 0.5) is 11.5 Å². The SMILES string of the molecule is Oc1cccc(-c2cc(Nc3ccc4[nH]ccc4c3)nc(-c3ccn[nH]3)n2)c1. The van der Waals surface area contributed by atoms with E-state index < -0.39 is 0 Å². The van der Waals surface area contributed by atoms with E-state index in [0.717, 1.165) is 22.2 Å². The number of aromatic hydroxyl groups is 1. The van der Waals surface area contributed by atoms with Gasteiger partial charge in [-0.3, -0.25) is 5.10 Å². The van der Waals surface area contributed by atoms with E-state index in [-0.39, 0.29) is 5.75 Å². The lowest BCUT2D eigenvalue weighted by atomic mass is 10.1. The molecule has 0 aliphatic heterocycles. The Balaban J connectivity index is 1.59. The summed E-state index contributed by atoms with van der Waals surface area (Å²) in [5, 5.41) is 21.2. The lowest BCUT2D eigenvalue weighted by Crippen LogP contribution is -1.99. The minimum absolute atomic E-state index is 0.187. The van der Waals surface area contributed by atoms with Gasteiger partial charge in [0.05, 0.1) is 5.69 Å². The Morgan fingerprint density at radius 2 is 1.89 bits per heavy atom. The summed E-state index contributed by atoms with van der Waals surface area (Å²) in [5.41, 5.74) is 4.20. The molecule has 4 N–H and O–H groups in total. The minimum Gasteiger partial charge on any atom is -0.508 e. The number of aromatic amines is 2. The lowest BCUT2D eigenvalue weighted by molar-refractivity contribution is 0.475. The summed E-state index contributed by atoms with van der Waals surface area (Å²) in [5.74, 6) is 1.35. The van der Waals surface area contributed by atoms with Gasteiger partial charge in [0.1, 0.15) is 17.3 Å². The Kier molecular flexibility index (Phi) is 3.76. The summed E-state index contributed by atoms with van der Waals surface area (Å²) in [7, 11) is 0. The summed E-state index contributed by atoms with van der Waals surface area (Å²) in [6, 6.07) is 18.7. The number of hydrogen-bond acceptors (Lipinski definition) is 5. The highest BCUT2D eigenvalue weighted by atomic mass is 16.3. The Morgan fingerprint density at radius 3 is 2.75 bits per heavy atom. The van der Waals surface area contributed by atoms with Crippen molar-refractivity contribution in [3.8, 4) is 28.5 Å². The number of anilines is 2. The number of phenolic OH excluding ortho intramolecular Hbond substituents is 1. The second-order valence-electron chi connectivity index (χ2n) is 6.39. The number of nitrogens with one attached hydrogen (secondary N) is 3. The number of nitrogens with zero attached hydrogens (tertiary/aromatic N) is 3.